The van der Waals surface area contributed by atoms with Crippen LogP contribution in [0.1, 0.15) is 30.0 Å². The Labute approximate surface area is 126 Å². The predicted molar refractivity (Wildman–Crippen MR) is 77.8 cm³/mol. The van der Waals surface area contributed by atoms with Gasteiger partial charge in [-0.05, 0) is 36.6 Å². The minimum absolute atomic E-state index is 0.0517. The quantitative estimate of drug-likeness (QED) is 0.942. The number of amides is 1. The minimum Gasteiger partial charge on any atom is -0.294 e. The molecule has 0 atom stereocenters. The van der Waals surface area contributed by atoms with Crippen LogP contribution in [0.4, 0.5) is 10.3 Å². The van der Waals surface area contributed by atoms with E-state index in [1.165, 1.54) is 18.2 Å². The number of carbonyl (C=O) groups is 1. The molecule has 0 aliphatic heterocycles. The van der Waals surface area contributed by atoms with Gasteiger partial charge in [-0.2, -0.15) is 0 Å². The minimum atomic E-state index is -0.426. The monoisotopic (exact) mass is 305 g/mol. The van der Waals surface area contributed by atoms with E-state index in [2.05, 4.69) is 15.3 Å². The summed E-state index contributed by atoms with van der Waals surface area (Å²) in [7, 11) is 0. The number of nitrogens with one attached hydrogen (secondary N) is 1. The Balaban J connectivity index is 1.67. The number of carbonyl (C=O) groups excluding carboxylic acids is 1. The van der Waals surface area contributed by atoms with Crippen LogP contribution in [0.5, 0.6) is 0 Å². The fourth-order valence-electron chi connectivity index (χ4n) is 2.05. The van der Waals surface area contributed by atoms with Crippen LogP contribution in [0.3, 0.4) is 0 Å². The fraction of sp³-hybridized carbons (Fsp3) is 0.267. The Bertz CT molecular complexity index is 688. The molecule has 1 aliphatic rings. The fourth-order valence-corrected chi connectivity index (χ4v) is 2.28. The molecule has 0 saturated heterocycles. The van der Waals surface area contributed by atoms with E-state index < -0.39 is 5.82 Å². The number of halogens is 2. The second-order valence-corrected chi connectivity index (χ2v) is 5.45. The summed E-state index contributed by atoms with van der Waals surface area (Å²) in [5.41, 5.74) is 1.52. The normalized spacial score (nSPS) is 14.0. The molecule has 1 saturated carbocycles. The summed E-state index contributed by atoms with van der Waals surface area (Å²) in [5, 5.41) is 2.88. The van der Waals surface area contributed by atoms with Crippen molar-refractivity contribution in [2.45, 2.75) is 25.2 Å². The topological polar surface area (TPSA) is 54.9 Å². The summed E-state index contributed by atoms with van der Waals surface area (Å²) in [6, 6.07) is 5.83. The number of hydrogen-bond donors (Lipinski definition) is 1. The van der Waals surface area contributed by atoms with E-state index in [0.29, 0.717) is 17.4 Å². The third-order valence-electron chi connectivity index (χ3n) is 3.29. The molecule has 1 N–H and O–H groups in total. The molecule has 0 unspecified atom stereocenters. The Hall–Kier alpha value is -2.01. The van der Waals surface area contributed by atoms with Gasteiger partial charge in [0.25, 0.3) is 0 Å². The van der Waals surface area contributed by atoms with Crippen LogP contribution in [0.15, 0.2) is 30.5 Å². The van der Waals surface area contributed by atoms with E-state index >= 15 is 0 Å². The largest absolute Gasteiger partial charge is 0.294 e. The van der Waals surface area contributed by atoms with Crippen LogP contribution in [-0.2, 0) is 11.2 Å². The van der Waals surface area contributed by atoms with Crippen LogP contribution in [-0.4, -0.2) is 15.9 Å². The van der Waals surface area contributed by atoms with Gasteiger partial charge in [-0.1, -0.05) is 17.7 Å². The maximum absolute atomic E-state index is 13.0. The smallest absolute Gasteiger partial charge is 0.231 e. The molecule has 6 heteroatoms. The maximum Gasteiger partial charge on any atom is 0.231 e. The van der Waals surface area contributed by atoms with Crippen LogP contribution in [0, 0.1) is 5.82 Å². The lowest BCUT2D eigenvalue weighted by Crippen LogP contribution is -2.17. The molecule has 3 rings (SSSR count). The lowest BCUT2D eigenvalue weighted by Gasteiger charge is -2.06. The summed E-state index contributed by atoms with van der Waals surface area (Å²) in [6.45, 7) is 0. The third-order valence-corrected chi connectivity index (χ3v) is 3.64. The van der Waals surface area contributed by atoms with Gasteiger partial charge in [-0.3, -0.25) is 10.1 Å². The van der Waals surface area contributed by atoms with Crippen LogP contribution >= 0.6 is 11.6 Å². The van der Waals surface area contributed by atoms with Gasteiger partial charge < -0.3 is 0 Å². The Morgan fingerprint density at radius 3 is 2.90 bits per heavy atom. The molecule has 1 aliphatic carbocycles. The van der Waals surface area contributed by atoms with Crippen molar-refractivity contribution in [3.05, 3.63) is 52.6 Å². The zero-order valence-corrected chi connectivity index (χ0v) is 11.9. The van der Waals surface area contributed by atoms with Crippen LogP contribution < -0.4 is 5.32 Å². The second kappa shape index (κ2) is 5.77. The lowest BCUT2D eigenvalue weighted by atomic mass is 10.1. The Morgan fingerprint density at radius 2 is 2.19 bits per heavy atom. The first-order valence-corrected chi connectivity index (χ1v) is 7.06. The van der Waals surface area contributed by atoms with Gasteiger partial charge in [0.2, 0.25) is 11.9 Å². The molecule has 0 spiro atoms. The maximum atomic E-state index is 13.0. The second-order valence-electron chi connectivity index (χ2n) is 5.04. The average Bonchev–Trinajstić information content (AvgIpc) is 3.27. The van der Waals surface area contributed by atoms with Gasteiger partial charge in [0.1, 0.15) is 5.82 Å². The highest BCUT2D eigenvalue weighted by Gasteiger charge is 2.25. The number of benzene rings is 1. The van der Waals surface area contributed by atoms with E-state index in [1.54, 1.807) is 6.20 Å². The first-order valence-electron chi connectivity index (χ1n) is 6.68. The number of hydrogen-bond acceptors (Lipinski definition) is 3. The van der Waals surface area contributed by atoms with Gasteiger partial charge in [0.05, 0.1) is 6.42 Å². The molecule has 1 fully saturated rings. The van der Waals surface area contributed by atoms with Crippen molar-refractivity contribution in [3.63, 3.8) is 0 Å². The van der Waals surface area contributed by atoms with Crippen molar-refractivity contribution in [2.75, 3.05) is 5.32 Å². The Kier molecular flexibility index (Phi) is 3.84. The van der Waals surface area contributed by atoms with E-state index in [0.717, 1.165) is 18.5 Å². The zero-order valence-electron chi connectivity index (χ0n) is 11.1. The summed E-state index contributed by atoms with van der Waals surface area (Å²) in [4.78, 5) is 20.3. The predicted octanol–water partition coefficient (Wildman–Crippen LogP) is 3.33. The number of aromatic nitrogens is 2. The summed E-state index contributed by atoms with van der Waals surface area (Å²) < 4.78 is 13.0. The van der Waals surface area contributed by atoms with Crippen molar-refractivity contribution < 1.29 is 9.18 Å². The molecule has 0 radical (unpaired) electrons. The summed E-state index contributed by atoms with van der Waals surface area (Å²) in [6.07, 6.45) is 3.96. The van der Waals surface area contributed by atoms with Gasteiger partial charge in [-0.15, -0.1) is 0 Å². The van der Waals surface area contributed by atoms with Crippen molar-refractivity contribution in [1.82, 2.24) is 9.97 Å². The number of anilines is 1. The zero-order chi connectivity index (χ0) is 14.8. The van der Waals surface area contributed by atoms with E-state index in [-0.39, 0.29) is 17.4 Å². The van der Waals surface area contributed by atoms with Crippen molar-refractivity contribution >= 4 is 23.5 Å². The molecule has 4 nitrogen and oxygen atoms in total. The van der Waals surface area contributed by atoms with Gasteiger partial charge in [0.15, 0.2) is 0 Å². The molecule has 1 aromatic heterocycles. The first-order chi connectivity index (χ1) is 10.1. The molecule has 1 amide bonds. The van der Waals surface area contributed by atoms with E-state index in [1.807, 2.05) is 6.07 Å². The first kappa shape index (κ1) is 13.9. The Morgan fingerprint density at radius 1 is 1.38 bits per heavy atom. The molecule has 108 valence electrons. The average molecular weight is 306 g/mol. The molecule has 21 heavy (non-hydrogen) atoms. The highest BCUT2D eigenvalue weighted by molar-refractivity contribution is 6.31. The van der Waals surface area contributed by atoms with Gasteiger partial charge in [-0.25, -0.2) is 14.4 Å². The van der Waals surface area contributed by atoms with E-state index in [9.17, 15) is 9.18 Å². The molecule has 1 aromatic carbocycles. The number of rotatable bonds is 4. The highest BCUT2D eigenvalue weighted by Crippen LogP contribution is 2.38. The van der Waals surface area contributed by atoms with Crippen molar-refractivity contribution in [3.8, 4) is 0 Å². The summed E-state index contributed by atoms with van der Waals surface area (Å²) >= 11 is 5.90. The molecule has 1 heterocycles. The SMILES string of the molecule is O=C(Cc1ccc(F)cc1Cl)Nc1nccc(C2CC2)n1. The van der Waals surface area contributed by atoms with Crippen molar-refractivity contribution in [2.24, 2.45) is 0 Å². The van der Waals surface area contributed by atoms with Crippen molar-refractivity contribution in [1.29, 1.82) is 0 Å². The highest BCUT2D eigenvalue weighted by atomic mass is 35.5. The standard InChI is InChI=1S/C15H13ClFN3O/c16-12-8-11(17)4-3-10(12)7-14(21)20-15-18-6-5-13(19-15)9-1-2-9/h3-6,8-9H,1-2,7H2,(H,18,19,20,21). The van der Waals surface area contributed by atoms with Crippen LogP contribution in [0.2, 0.25) is 5.02 Å². The molecular weight excluding hydrogens is 293 g/mol. The summed E-state index contributed by atoms with van der Waals surface area (Å²) in [5.74, 6) is 0.0823. The van der Waals surface area contributed by atoms with E-state index in [4.69, 9.17) is 11.6 Å². The number of nitrogens with zero attached hydrogens (tertiary/aromatic N) is 2. The van der Waals surface area contributed by atoms with Crippen LogP contribution in [0.25, 0.3) is 0 Å². The molecular formula is C15H13ClFN3O. The van der Waals surface area contributed by atoms with Gasteiger partial charge in [0, 0.05) is 22.8 Å². The lowest BCUT2D eigenvalue weighted by molar-refractivity contribution is -0.115. The molecule has 0 bridgehead atoms. The van der Waals surface area contributed by atoms with Gasteiger partial charge >= 0.3 is 0 Å². The molecule has 2 aromatic rings. The third kappa shape index (κ3) is 3.55.